The fourth-order valence-electron chi connectivity index (χ4n) is 1.55. The van der Waals surface area contributed by atoms with E-state index in [-0.39, 0.29) is 16.3 Å². The molecule has 0 saturated heterocycles. The van der Waals surface area contributed by atoms with Gasteiger partial charge >= 0.3 is 5.97 Å². The molecule has 0 radical (unpaired) electrons. The number of aromatic nitrogens is 1. The molecule has 5 nitrogen and oxygen atoms in total. The maximum Gasteiger partial charge on any atom is 0.340 e. The highest BCUT2D eigenvalue weighted by atomic mass is 35.5. The highest BCUT2D eigenvalue weighted by Gasteiger charge is 2.12. The molecule has 1 aromatic carbocycles. The summed E-state index contributed by atoms with van der Waals surface area (Å²) < 4.78 is 17.6. The van der Waals surface area contributed by atoms with E-state index in [0.29, 0.717) is 11.5 Å². The molecule has 0 saturated carbocycles. The maximum absolute atomic E-state index is 12.9. The van der Waals surface area contributed by atoms with Crippen molar-refractivity contribution in [1.82, 2.24) is 4.98 Å². The zero-order valence-electron chi connectivity index (χ0n) is 10.5. The van der Waals surface area contributed by atoms with Crippen LogP contribution in [0.3, 0.4) is 0 Å². The number of nitrogen functional groups attached to an aromatic ring is 1. The molecule has 7 heteroatoms. The number of nitrogens with two attached hydrogens (primary N) is 1. The lowest BCUT2D eigenvalue weighted by Crippen LogP contribution is -2.07. The second kappa shape index (κ2) is 5.75. The zero-order valence-corrected chi connectivity index (χ0v) is 11.2. The Bertz CT molecular complexity index is 664. The Hall–Kier alpha value is -2.34. The van der Waals surface area contributed by atoms with E-state index in [4.69, 9.17) is 17.3 Å². The molecule has 1 heterocycles. The third kappa shape index (κ3) is 2.97. The van der Waals surface area contributed by atoms with E-state index in [1.807, 2.05) is 0 Å². The average molecular weight is 296 g/mol. The van der Waals surface area contributed by atoms with Crippen LogP contribution in [0.2, 0.25) is 5.02 Å². The minimum Gasteiger partial charge on any atom is -0.465 e. The van der Waals surface area contributed by atoms with Crippen LogP contribution in [0.25, 0.3) is 0 Å². The zero-order chi connectivity index (χ0) is 14.7. The smallest absolute Gasteiger partial charge is 0.340 e. The predicted molar refractivity (Wildman–Crippen MR) is 74.7 cm³/mol. The van der Waals surface area contributed by atoms with Gasteiger partial charge in [-0.3, -0.25) is 0 Å². The van der Waals surface area contributed by atoms with E-state index >= 15 is 0 Å². The standard InChI is InChI=1S/C13H11ClFN3O2/c1-20-13(19)8-5-12(17-6-10(8)16)18-11-3-2-7(15)4-9(11)14/h2-6H,16H2,1H3,(H,17,18). The van der Waals surface area contributed by atoms with Crippen LogP contribution >= 0.6 is 11.6 Å². The predicted octanol–water partition coefficient (Wildman–Crippen LogP) is 2.99. The Kier molecular flexibility index (Phi) is 4.05. The van der Waals surface area contributed by atoms with Crippen molar-refractivity contribution in [3.63, 3.8) is 0 Å². The molecule has 0 aliphatic heterocycles. The molecule has 2 rings (SSSR count). The Morgan fingerprint density at radius 1 is 1.45 bits per heavy atom. The lowest BCUT2D eigenvalue weighted by molar-refractivity contribution is 0.0602. The van der Waals surface area contributed by atoms with Crippen LogP contribution in [0.15, 0.2) is 30.5 Å². The molecule has 1 aromatic heterocycles. The molecule has 0 spiro atoms. The van der Waals surface area contributed by atoms with Crippen LogP contribution in [0.4, 0.5) is 21.6 Å². The van der Waals surface area contributed by atoms with Gasteiger partial charge in [-0.1, -0.05) is 11.6 Å². The SMILES string of the molecule is COC(=O)c1cc(Nc2ccc(F)cc2Cl)ncc1N. The molecule has 0 fully saturated rings. The number of hydrogen-bond donors (Lipinski definition) is 2. The van der Waals surface area contributed by atoms with Crippen LogP contribution in [-0.2, 0) is 4.74 Å². The number of nitrogens with zero attached hydrogens (tertiary/aromatic N) is 1. The molecular weight excluding hydrogens is 285 g/mol. The molecule has 0 atom stereocenters. The lowest BCUT2D eigenvalue weighted by atomic mass is 10.2. The van der Waals surface area contributed by atoms with Crippen LogP contribution in [-0.4, -0.2) is 18.1 Å². The Morgan fingerprint density at radius 2 is 2.20 bits per heavy atom. The van der Waals surface area contributed by atoms with Gasteiger partial charge in [-0.15, -0.1) is 0 Å². The third-order valence-corrected chi connectivity index (χ3v) is 2.85. The van der Waals surface area contributed by atoms with E-state index in [1.165, 1.54) is 37.6 Å². The van der Waals surface area contributed by atoms with Crippen molar-refractivity contribution in [3.8, 4) is 0 Å². The van der Waals surface area contributed by atoms with Crippen molar-refractivity contribution < 1.29 is 13.9 Å². The van der Waals surface area contributed by atoms with Crippen LogP contribution in [0.5, 0.6) is 0 Å². The third-order valence-electron chi connectivity index (χ3n) is 2.53. The molecular formula is C13H11ClFN3O2. The quantitative estimate of drug-likeness (QED) is 0.851. The van der Waals surface area contributed by atoms with Gasteiger partial charge in [0.1, 0.15) is 11.6 Å². The van der Waals surface area contributed by atoms with Gasteiger partial charge in [-0.05, 0) is 24.3 Å². The monoisotopic (exact) mass is 295 g/mol. The summed E-state index contributed by atoms with van der Waals surface area (Å²) >= 11 is 5.89. The second-order valence-corrected chi connectivity index (χ2v) is 4.30. The maximum atomic E-state index is 12.9. The number of anilines is 3. The van der Waals surface area contributed by atoms with E-state index in [0.717, 1.165) is 0 Å². The Morgan fingerprint density at radius 3 is 2.85 bits per heavy atom. The van der Waals surface area contributed by atoms with Crippen molar-refractivity contribution in [2.45, 2.75) is 0 Å². The molecule has 3 N–H and O–H groups in total. The van der Waals surface area contributed by atoms with Crippen molar-refractivity contribution in [2.24, 2.45) is 0 Å². The number of carbonyl (C=O) groups excluding carboxylic acids is 1. The molecule has 2 aromatic rings. The van der Waals surface area contributed by atoms with Gasteiger partial charge in [-0.2, -0.15) is 0 Å². The van der Waals surface area contributed by atoms with Crippen molar-refractivity contribution in [2.75, 3.05) is 18.2 Å². The van der Waals surface area contributed by atoms with Gasteiger partial charge in [0.05, 0.1) is 35.3 Å². The minimum absolute atomic E-state index is 0.184. The van der Waals surface area contributed by atoms with E-state index < -0.39 is 11.8 Å². The Labute approximate surface area is 119 Å². The Balaban J connectivity index is 2.32. The van der Waals surface area contributed by atoms with Gasteiger partial charge < -0.3 is 15.8 Å². The van der Waals surface area contributed by atoms with E-state index in [2.05, 4.69) is 15.0 Å². The summed E-state index contributed by atoms with van der Waals surface area (Å²) in [5.74, 6) is -0.674. The lowest BCUT2D eigenvalue weighted by Gasteiger charge is -2.10. The number of hydrogen-bond acceptors (Lipinski definition) is 5. The number of pyridine rings is 1. The summed E-state index contributed by atoms with van der Waals surface area (Å²) in [7, 11) is 1.26. The van der Waals surface area contributed by atoms with Gasteiger partial charge in [-0.25, -0.2) is 14.2 Å². The van der Waals surface area contributed by atoms with E-state index in [1.54, 1.807) is 0 Å². The molecule has 0 aliphatic carbocycles. The number of nitrogens with one attached hydrogen (secondary N) is 1. The number of ether oxygens (including phenoxy) is 1. The average Bonchev–Trinajstić information content (AvgIpc) is 2.43. The van der Waals surface area contributed by atoms with Crippen LogP contribution in [0.1, 0.15) is 10.4 Å². The number of methoxy groups -OCH3 is 1. The number of esters is 1. The molecule has 104 valence electrons. The summed E-state index contributed by atoms with van der Waals surface area (Å²) in [4.78, 5) is 15.5. The first-order valence-electron chi connectivity index (χ1n) is 5.57. The second-order valence-electron chi connectivity index (χ2n) is 3.90. The van der Waals surface area contributed by atoms with Crippen molar-refractivity contribution in [1.29, 1.82) is 0 Å². The summed E-state index contributed by atoms with van der Waals surface area (Å²) in [6.07, 6.45) is 1.33. The summed E-state index contributed by atoms with van der Waals surface area (Å²) in [5, 5.41) is 3.07. The minimum atomic E-state index is -0.571. The molecule has 0 unspecified atom stereocenters. The van der Waals surface area contributed by atoms with E-state index in [9.17, 15) is 9.18 Å². The highest BCUT2D eigenvalue weighted by Crippen LogP contribution is 2.26. The fraction of sp³-hybridized carbons (Fsp3) is 0.0769. The summed E-state index contributed by atoms with van der Waals surface area (Å²) in [5.41, 5.74) is 6.49. The number of benzene rings is 1. The van der Waals surface area contributed by atoms with Gasteiger partial charge in [0.15, 0.2) is 0 Å². The van der Waals surface area contributed by atoms with Crippen LogP contribution in [0, 0.1) is 5.82 Å². The number of carbonyl (C=O) groups is 1. The highest BCUT2D eigenvalue weighted by molar-refractivity contribution is 6.33. The first kappa shape index (κ1) is 14.1. The molecule has 0 bridgehead atoms. The fourth-order valence-corrected chi connectivity index (χ4v) is 1.76. The van der Waals surface area contributed by atoms with Gasteiger partial charge in [0.25, 0.3) is 0 Å². The summed E-state index contributed by atoms with van der Waals surface area (Å²) in [6.45, 7) is 0. The summed E-state index contributed by atoms with van der Waals surface area (Å²) in [6, 6.07) is 5.32. The van der Waals surface area contributed by atoms with Crippen molar-refractivity contribution in [3.05, 3.63) is 46.9 Å². The van der Waals surface area contributed by atoms with Crippen molar-refractivity contribution >= 4 is 34.8 Å². The molecule has 20 heavy (non-hydrogen) atoms. The topological polar surface area (TPSA) is 77.2 Å². The first-order valence-corrected chi connectivity index (χ1v) is 5.95. The van der Waals surface area contributed by atoms with Gasteiger partial charge in [0, 0.05) is 0 Å². The van der Waals surface area contributed by atoms with Crippen LogP contribution < -0.4 is 11.1 Å². The largest absolute Gasteiger partial charge is 0.465 e. The van der Waals surface area contributed by atoms with Gasteiger partial charge in [0.2, 0.25) is 0 Å². The number of rotatable bonds is 3. The normalized spacial score (nSPS) is 10.2. The molecule has 0 amide bonds. The first-order chi connectivity index (χ1) is 9.51. The number of halogens is 2. The molecule has 0 aliphatic rings.